The number of nitrogens with one attached hydrogen (secondary N) is 2. The predicted molar refractivity (Wildman–Crippen MR) is 77.6 cm³/mol. The van der Waals surface area contributed by atoms with E-state index in [1.54, 1.807) is 7.11 Å². The Hall–Kier alpha value is -1.39. The Morgan fingerprint density at radius 2 is 1.85 bits per heavy atom. The first-order valence-corrected chi connectivity index (χ1v) is 7.37. The number of hydrogen-bond acceptors (Lipinski definition) is 3. The topological polar surface area (TPSA) is 50.4 Å². The molecule has 108 valence electrons. The Morgan fingerprint density at radius 3 is 2.40 bits per heavy atom. The molecule has 20 heavy (non-hydrogen) atoms. The van der Waals surface area contributed by atoms with Crippen LogP contribution in [0.3, 0.4) is 0 Å². The zero-order chi connectivity index (χ0) is 14.0. The molecule has 1 aliphatic heterocycles. The molecule has 0 bridgehead atoms. The fourth-order valence-corrected chi connectivity index (χ4v) is 3.33. The Balaban J connectivity index is 1.65. The highest BCUT2D eigenvalue weighted by Gasteiger charge is 2.40. The van der Waals surface area contributed by atoms with Crippen LogP contribution in [0.25, 0.3) is 0 Å². The van der Waals surface area contributed by atoms with Gasteiger partial charge < -0.3 is 15.4 Å². The maximum Gasteiger partial charge on any atom is 0.252 e. The first kappa shape index (κ1) is 13.6. The van der Waals surface area contributed by atoms with Crippen molar-refractivity contribution in [1.29, 1.82) is 0 Å². The Bertz CT molecular complexity index is 470. The highest BCUT2D eigenvalue weighted by molar-refractivity contribution is 5.85. The van der Waals surface area contributed by atoms with E-state index in [4.69, 9.17) is 4.74 Å². The van der Waals surface area contributed by atoms with E-state index in [0.29, 0.717) is 0 Å². The summed E-state index contributed by atoms with van der Waals surface area (Å²) in [6, 6.07) is 8.64. The standard InChI is InChI=1S/C16H22N2O2/c1-20-16(6-8-17-9-7-16)15(19)18-14-10-12-4-2-3-5-13(12)11-14/h2-5,14,17H,6-11H2,1H3,(H,18,19). The molecule has 1 aromatic rings. The smallest absolute Gasteiger partial charge is 0.252 e. The van der Waals surface area contributed by atoms with Gasteiger partial charge in [-0.2, -0.15) is 0 Å². The summed E-state index contributed by atoms with van der Waals surface area (Å²) < 4.78 is 5.58. The van der Waals surface area contributed by atoms with Crippen LogP contribution in [-0.4, -0.2) is 37.7 Å². The average molecular weight is 274 g/mol. The summed E-state index contributed by atoms with van der Waals surface area (Å²) in [7, 11) is 1.65. The molecule has 1 amide bonds. The van der Waals surface area contributed by atoms with Crippen molar-refractivity contribution in [3.8, 4) is 0 Å². The minimum Gasteiger partial charge on any atom is -0.368 e. The van der Waals surface area contributed by atoms with Crippen molar-refractivity contribution >= 4 is 5.91 Å². The van der Waals surface area contributed by atoms with Crippen molar-refractivity contribution in [2.45, 2.75) is 37.3 Å². The Morgan fingerprint density at radius 1 is 1.25 bits per heavy atom. The lowest BCUT2D eigenvalue weighted by Gasteiger charge is -2.35. The van der Waals surface area contributed by atoms with Gasteiger partial charge in [-0.3, -0.25) is 4.79 Å². The molecule has 1 aliphatic carbocycles. The van der Waals surface area contributed by atoms with Crippen molar-refractivity contribution in [3.63, 3.8) is 0 Å². The minimum atomic E-state index is -0.639. The molecule has 0 spiro atoms. The molecule has 1 aromatic carbocycles. The molecule has 1 heterocycles. The number of benzene rings is 1. The van der Waals surface area contributed by atoms with Gasteiger partial charge in [0.25, 0.3) is 5.91 Å². The van der Waals surface area contributed by atoms with Gasteiger partial charge in [-0.05, 0) is 49.9 Å². The third kappa shape index (κ3) is 2.45. The van der Waals surface area contributed by atoms with Gasteiger partial charge in [-0.25, -0.2) is 0 Å². The highest BCUT2D eigenvalue weighted by atomic mass is 16.5. The van der Waals surface area contributed by atoms with Gasteiger partial charge in [0.1, 0.15) is 5.60 Å². The molecule has 4 heteroatoms. The molecule has 1 saturated heterocycles. The second-order valence-electron chi connectivity index (χ2n) is 5.80. The summed E-state index contributed by atoms with van der Waals surface area (Å²) in [4.78, 5) is 12.6. The molecule has 2 aliphatic rings. The fraction of sp³-hybridized carbons (Fsp3) is 0.562. The van der Waals surface area contributed by atoms with E-state index in [2.05, 4.69) is 34.9 Å². The van der Waals surface area contributed by atoms with E-state index in [0.717, 1.165) is 38.8 Å². The van der Waals surface area contributed by atoms with Crippen molar-refractivity contribution in [1.82, 2.24) is 10.6 Å². The van der Waals surface area contributed by atoms with Crippen LogP contribution >= 0.6 is 0 Å². The zero-order valence-corrected chi connectivity index (χ0v) is 11.9. The van der Waals surface area contributed by atoms with Gasteiger partial charge in [0.05, 0.1) is 0 Å². The number of carbonyl (C=O) groups excluding carboxylic acids is 1. The number of carbonyl (C=O) groups is 1. The minimum absolute atomic E-state index is 0.0549. The number of methoxy groups -OCH3 is 1. The Labute approximate surface area is 119 Å². The van der Waals surface area contributed by atoms with Gasteiger partial charge in [-0.15, -0.1) is 0 Å². The van der Waals surface area contributed by atoms with Gasteiger partial charge >= 0.3 is 0 Å². The van der Waals surface area contributed by atoms with Gasteiger partial charge in [0, 0.05) is 13.2 Å². The lowest BCUT2D eigenvalue weighted by Crippen LogP contribution is -2.56. The number of rotatable bonds is 3. The van der Waals surface area contributed by atoms with Gasteiger partial charge in [-0.1, -0.05) is 24.3 Å². The third-order valence-corrected chi connectivity index (χ3v) is 4.60. The highest BCUT2D eigenvalue weighted by Crippen LogP contribution is 2.25. The molecule has 0 aromatic heterocycles. The lowest BCUT2D eigenvalue weighted by molar-refractivity contribution is -0.147. The van der Waals surface area contributed by atoms with E-state index in [9.17, 15) is 4.79 Å². The molecule has 4 nitrogen and oxygen atoms in total. The molecule has 0 unspecified atom stereocenters. The molecule has 0 radical (unpaired) electrons. The van der Waals surface area contributed by atoms with Crippen molar-refractivity contribution in [3.05, 3.63) is 35.4 Å². The average Bonchev–Trinajstić information content (AvgIpc) is 2.90. The van der Waals surface area contributed by atoms with E-state index in [1.165, 1.54) is 11.1 Å². The van der Waals surface area contributed by atoms with Crippen LogP contribution in [0.5, 0.6) is 0 Å². The first-order valence-electron chi connectivity index (χ1n) is 7.37. The van der Waals surface area contributed by atoms with E-state index < -0.39 is 5.60 Å². The molecule has 1 fully saturated rings. The number of ether oxygens (including phenoxy) is 1. The zero-order valence-electron chi connectivity index (χ0n) is 11.9. The van der Waals surface area contributed by atoms with Crippen molar-refractivity contribution in [2.24, 2.45) is 0 Å². The van der Waals surface area contributed by atoms with E-state index in [-0.39, 0.29) is 11.9 Å². The van der Waals surface area contributed by atoms with Gasteiger partial charge in [0.15, 0.2) is 0 Å². The summed E-state index contributed by atoms with van der Waals surface area (Å²) in [5.74, 6) is 0.0549. The van der Waals surface area contributed by atoms with Crippen molar-refractivity contribution in [2.75, 3.05) is 20.2 Å². The first-order chi connectivity index (χ1) is 9.73. The molecular weight excluding hydrogens is 252 g/mol. The number of fused-ring (bicyclic) bond motifs is 1. The van der Waals surface area contributed by atoms with Crippen LogP contribution in [0.1, 0.15) is 24.0 Å². The molecule has 2 N–H and O–H groups in total. The van der Waals surface area contributed by atoms with Crippen LogP contribution in [0.15, 0.2) is 24.3 Å². The second-order valence-corrected chi connectivity index (χ2v) is 5.80. The fourth-order valence-electron chi connectivity index (χ4n) is 3.33. The van der Waals surface area contributed by atoms with Crippen LogP contribution in [-0.2, 0) is 22.4 Å². The third-order valence-electron chi connectivity index (χ3n) is 4.60. The monoisotopic (exact) mass is 274 g/mol. The summed E-state index contributed by atoms with van der Waals surface area (Å²) in [5, 5.41) is 6.47. The Kier molecular flexibility index (Phi) is 3.76. The van der Waals surface area contributed by atoms with Crippen molar-refractivity contribution < 1.29 is 9.53 Å². The molecule has 3 rings (SSSR count). The second kappa shape index (κ2) is 5.54. The van der Waals surface area contributed by atoms with Gasteiger partial charge in [0.2, 0.25) is 0 Å². The summed E-state index contributed by atoms with van der Waals surface area (Å²) in [6.07, 6.45) is 3.35. The van der Waals surface area contributed by atoms with Crippen LogP contribution in [0, 0.1) is 0 Å². The molecule has 0 saturated carbocycles. The SMILES string of the molecule is COC1(C(=O)NC2Cc3ccccc3C2)CCNCC1. The maximum absolute atomic E-state index is 12.6. The van der Waals surface area contributed by atoms with Crippen LogP contribution in [0.4, 0.5) is 0 Å². The summed E-state index contributed by atoms with van der Waals surface area (Å²) >= 11 is 0. The molecule has 0 atom stereocenters. The maximum atomic E-state index is 12.6. The lowest BCUT2D eigenvalue weighted by atomic mass is 9.90. The van der Waals surface area contributed by atoms with Crippen LogP contribution < -0.4 is 10.6 Å². The number of amides is 1. The summed E-state index contributed by atoms with van der Waals surface area (Å²) in [6.45, 7) is 1.68. The number of hydrogen-bond donors (Lipinski definition) is 2. The normalized spacial score (nSPS) is 21.4. The summed E-state index contributed by atoms with van der Waals surface area (Å²) in [5.41, 5.74) is 2.07. The number of piperidine rings is 1. The van der Waals surface area contributed by atoms with E-state index in [1.807, 2.05) is 0 Å². The van der Waals surface area contributed by atoms with Crippen LogP contribution in [0.2, 0.25) is 0 Å². The quantitative estimate of drug-likeness (QED) is 0.866. The largest absolute Gasteiger partial charge is 0.368 e. The van der Waals surface area contributed by atoms with E-state index >= 15 is 0 Å². The molecular formula is C16H22N2O2. The predicted octanol–water partition coefficient (Wildman–Crippen LogP) is 1.04.